The van der Waals surface area contributed by atoms with E-state index >= 15 is 0 Å². The summed E-state index contributed by atoms with van der Waals surface area (Å²) in [5.41, 5.74) is 9.08. The largest absolute Gasteiger partial charge is 0.522 e. The van der Waals surface area contributed by atoms with Crippen LogP contribution in [0.25, 0.3) is 0 Å². The lowest BCUT2D eigenvalue weighted by Crippen LogP contribution is -2.25. The molecule has 1 aromatic carbocycles. The quantitative estimate of drug-likeness (QED) is 0.511. The normalized spacial score (nSPS) is 15.7. The molecule has 0 bridgehead atoms. The second-order valence-corrected chi connectivity index (χ2v) is 4.84. The van der Waals surface area contributed by atoms with Crippen molar-refractivity contribution in [3.63, 3.8) is 0 Å². The number of fused-ring (bicyclic) bond motifs is 1. The lowest BCUT2D eigenvalue weighted by atomic mass is 9.90. The molecule has 1 aliphatic carbocycles. The number of guanidine groups is 1. The van der Waals surface area contributed by atoms with E-state index in [1.807, 2.05) is 12.1 Å². The van der Waals surface area contributed by atoms with Crippen LogP contribution in [0, 0.1) is 0 Å². The molecule has 3 N–H and O–H groups in total. The van der Waals surface area contributed by atoms with E-state index in [1.54, 1.807) is 0 Å². The molecule has 116 valence electrons. The van der Waals surface area contributed by atoms with Gasteiger partial charge in [-0.15, -0.1) is 13.2 Å². The Bertz CT molecular complexity index is 515. The first kappa shape index (κ1) is 15.6. The van der Waals surface area contributed by atoms with Crippen molar-refractivity contribution in [2.75, 3.05) is 18.5 Å². The predicted octanol–water partition coefficient (Wildman–Crippen LogP) is 2.83. The van der Waals surface area contributed by atoms with Gasteiger partial charge in [-0.1, -0.05) is 12.1 Å². The fraction of sp³-hybridized carbons (Fsp3) is 0.500. The van der Waals surface area contributed by atoms with Crippen molar-refractivity contribution in [1.82, 2.24) is 0 Å². The second-order valence-electron chi connectivity index (χ2n) is 4.84. The molecule has 21 heavy (non-hydrogen) atoms. The molecule has 0 aromatic heterocycles. The first-order valence-corrected chi connectivity index (χ1v) is 6.84. The number of aryl methyl sites for hydroxylation is 1. The maximum absolute atomic E-state index is 11.8. The number of halogens is 3. The fourth-order valence-electron chi connectivity index (χ4n) is 2.40. The molecule has 0 atom stereocenters. The van der Waals surface area contributed by atoms with Crippen LogP contribution < -0.4 is 11.1 Å². The number of nitrogens with zero attached hydrogens (tertiary/aromatic N) is 1. The van der Waals surface area contributed by atoms with Crippen LogP contribution in [0.4, 0.5) is 18.9 Å². The smallest absolute Gasteiger partial charge is 0.370 e. The Hall–Kier alpha value is -1.76. The van der Waals surface area contributed by atoms with Gasteiger partial charge in [0.25, 0.3) is 0 Å². The summed E-state index contributed by atoms with van der Waals surface area (Å²) >= 11 is 0. The van der Waals surface area contributed by atoms with Crippen LogP contribution in [0.5, 0.6) is 0 Å². The van der Waals surface area contributed by atoms with Gasteiger partial charge in [0.2, 0.25) is 0 Å². The Kier molecular flexibility index (Phi) is 5.06. The van der Waals surface area contributed by atoms with Gasteiger partial charge in [0.1, 0.15) is 0 Å². The van der Waals surface area contributed by atoms with Crippen molar-refractivity contribution < 1.29 is 17.9 Å². The van der Waals surface area contributed by atoms with Crippen LogP contribution in [0.3, 0.4) is 0 Å². The Morgan fingerprint density at radius 2 is 2.05 bits per heavy atom. The van der Waals surface area contributed by atoms with Crippen molar-refractivity contribution in [1.29, 1.82) is 0 Å². The Balaban J connectivity index is 1.92. The SMILES string of the molecule is NC(=NCCOC(F)(F)F)Nc1cccc2c1CCCC2. The summed E-state index contributed by atoms with van der Waals surface area (Å²) in [4.78, 5) is 3.83. The zero-order valence-corrected chi connectivity index (χ0v) is 11.5. The van der Waals surface area contributed by atoms with Gasteiger partial charge < -0.3 is 11.1 Å². The van der Waals surface area contributed by atoms with E-state index in [0.717, 1.165) is 24.9 Å². The van der Waals surface area contributed by atoms with E-state index in [1.165, 1.54) is 17.5 Å². The zero-order chi connectivity index (χ0) is 15.3. The molecule has 4 nitrogen and oxygen atoms in total. The number of hydrogen-bond donors (Lipinski definition) is 2. The number of hydrogen-bond acceptors (Lipinski definition) is 2. The zero-order valence-electron chi connectivity index (χ0n) is 11.5. The first-order valence-electron chi connectivity index (χ1n) is 6.84. The third-order valence-corrected chi connectivity index (χ3v) is 3.30. The number of ether oxygens (including phenoxy) is 1. The molecule has 0 aliphatic heterocycles. The first-order chi connectivity index (χ1) is 9.96. The number of nitrogens with two attached hydrogens (primary N) is 1. The van der Waals surface area contributed by atoms with Crippen molar-refractivity contribution >= 4 is 11.6 Å². The molecule has 0 spiro atoms. The average molecular weight is 301 g/mol. The van der Waals surface area contributed by atoms with Gasteiger partial charge >= 0.3 is 6.36 Å². The van der Waals surface area contributed by atoms with Crippen molar-refractivity contribution in [3.05, 3.63) is 29.3 Å². The van der Waals surface area contributed by atoms with E-state index in [0.29, 0.717) is 0 Å². The molecule has 0 saturated carbocycles. The maximum atomic E-state index is 11.8. The molecule has 7 heteroatoms. The standard InChI is InChI=1S/C14H18F3N3O/c15-14(16,17)21-9-8-19-13(18)20-12-7-3-5-10-4-1-2-6-11(10)12/h3,5,7H,1-2,4,6,8-9H2,(H3,18,19,20). The lowest BCUT2D eigenvalue weighted by Gasteiger charge is -2.19. The van der Waals surface area contributed by atoms with Gasteiger partial charge in [0, 0.05) is 5.69 Å². The second kappa shape index (κ2) is 6.80. The highest BCUT2D eigenvalue weighted by Gasteiger charge is 2.28. The number of alkyl halides is 3. The highest BCUT2D eigenvalue weighted by Crippen LogP contribution is 2.27. The molecule has 0 unspecified atom stereocenters. The number of benzene rings is 1. The van der Waals surface area contributed by atoms with Crippen LogP contribution in [-0.4, -0.2) is 25.5 Å². The van der Waals surface area contributed by atoms with Crippen molar-refractivity contribution in [3.8, 4) is 0 Å². The third-order valence-electron chi connectivity index (χ3n) is 3.30. The van der Waals surface area contributed by atoms with Crippen LogP contribution in [0.2, 0.25) is 0 Å². The van der Waals surface area contributed by atoms with E-state index in [2.05, 4.69) is 21.1 Å². The van der Waals surface area contributed by atoms with Gasteiger partial charge in [-0.2, -0.15) is 0 Å². The molecule has 0 fully saturated rings. The minimum atomic E-state index is -4.63. The van der Waals surface area contributed by atoms with Crippen LogP contribution in [-0.2, 0) is 17.6 Å². The van der Waals surface area contributed by atoms with Crippen LogP contribution >= 0.6 is 0 Å². The average Bonchev–Trinajstić information content (AvgIpc) is 2.43. The number of nitrogens with one attached hydrogen (secondary N) is 1. The minimum absolute atomic E-state index is 0.0970. The minimum Gasteiger partial charge on any atom is -0.370 e. The van der Waals surface area contributed by atoms with Gasteiger partial charge in [-0.3, -0.25) is 9.73 Å². The van der Waals surface area contributed by atoms with Gasteiger partial charge in [0.15, 0.2) is 5.96 Å². The molecule has 1 aromatic rings. The number of anilines is 1. The van der Waals surface area contributed by atoms with Gasteiger partial charge in [-0.25, -0.2) is 0 Å². The molecule has 0 radical (unpaired) electrons. The third kappa shape index (κ3) is 4.93. The number of aliphatic imine (C=N–C) groups is 1. The Morgan fingerprint density at radius 1 is 1.29 bits per heavy atom. The summed E-state index contributed by atoms with van der Waals surface area (Å²) in [6.07, 6.45) is -0.308. The van der Waals surface area contributed by atoms with Gasteiger partial charge in [0.05, 0.1) is 13.2 Å². The lowest BCUT2D eigenvalue weighted by molar-refractivity contribution is -0.323. The summed E-state index contributed by atoms with van der Waals surface area (Å²) in [5.74, 6) is 0.0970. The highest BCUT2D eigenvalue weighted by atomic mass is 19.4. The maximum Gasteiger partial charge on any atom is 0.522 e. The Morgan fingerprint density at radius 3 is 2.81 bits per heavy atom. The summed E-state index contributed by atoms with van der Waals surface area (Å²) in [6.45, 7) is -0.688. The molecule has 1 aliphatic rings. The highest BCUT2D eigenvalue weighted by molar-refractivity contribution is 5.93. The van der Waals surface area contributed by atoms with E-state index in [-0.39, 0.29) is 12.5 Å². The van der Waals surface area contributed by atoms with Crippen LogP contribution in [0.15, 0.2) is 23.2 Å². The van der Waals surface area contributed by atoms with E-state index in [9.17, 15) is 13.2 Å². The summed E-state index contributed by atoms with van der Waals surface area (Å²) in [6, 6.07) is 5.93. The molecular formula is C14H18F3N3O. The molecule has 0 heterocycles. The van der Waals surface area contributed by atoms with Crippen molar-refractivity contribution in [2.24, 2.45) is 10.7 Å². The van der Waals surface area contributed by atoms with E-state index in [4.69, 9.17) is 5.73 Å². The van der Waals surface area contributed by atoms with Gasteiger partial charge in [-0.05, 0) is 42.9 Å². The van der Waals surface area contributed by atoms with E-state index < -0.39 is 13.0 Å². The summed E-state index contributed by atoms with van der Waals surface area (Å²) in [5, 5.41) is 2.96. The van der Waals surface area contributed by atoms with Crippen molar-refractivity contribution in [2.45, 2.75) is 32.0 Å². The monoisotopic (exact) mass is 301 g/mol. The summed E-state index contributed by atoms with van der Waals surface area (Å²) < 4.78 is 39.0. The molecule has 0 amide bonds. The fourth-order valence-corrected chi connectivity index (χ4v) is 2.40. The Labute approximate surface area is 121 Å². The number of rotatable bonds is 4. The molecule has 0 saturated heterocycles. The predicted molar refractivity (Wildman–Crippen MR) is 75.2 cm³/mol. The molecular weight excluding hydrogens is 283 g/mol. The topological polar surface area (TPSA) is 59.6 Å². The summed E-state index contributed by atoms with van der Waals surface area (Å²) in [7, 11) is 0. The molecule has 2 rings (SSSR count). The van der Waals surface area contributed by atoms with Crippen LogP contribution in [0.1, 0.15) is 24.0 Å².